The van der Waals surface area contributed by atoms with E-state index in [2.05, 4.69) is 43.7 Å². The van der Waals surface area contributed by atoms with Crippen LogP contribution in [0.5, 0.6) is 5.75 Å². The number of hydrogen-bond acceptors (Lipinski definition) is 6. The van der Waals surface area contributed by atoms with Crippen molar-refractivity contribution in [2.75, 3.05) is 24.6 Å². The second-order valence-electron chi connectivity index (χ2n) is 7.90. The second kappa shape index (κ2) is 7.45. The number of aromatic nitrogens is 5. The predicted octanol–water partition coefficient (Wildman–Crippen LogP) is 3.03. The predicted molar refractivity (Wildman–Crippen MR) is 119 cm³/mol. The molecule has 0 radical (unpaired) electrons. The molecule has 0 aromatic carbocycles. The molecule has 2 fully saturated rings. The van der Waals surface area contributed by atoms with Crippen LogP contribution in [0.15, 0.2) is 36.8 Å². The molecule has 2 N–H and O–H groups in total. The minimum atomic E-state index is 0. The summed E-state index contributed by atoms with van der Waals surface area (Å²) in [5, 5.41) is 16.4. The van der Waals surface area contributed by atoms with Crippen LogP contribution in [0, 0.1) is 0 Å². The number of nitrogens with zero attached hydrogens (tertiary/aromatic N) is 5. The summed E-state index contributed by atoms with van der Waals surface area (Å²) < 4.78 is 7.64. The van der Waals surface area contributed by atoms with Gasteiger partial charge in [-0.25, -0.2) is 9.50 Å². The van der Waals surface area contributed by atoms with E-state index in [0.29, 0.717) is 18.7 Å². The van der Waals surface area contributed by atoms with Crippen molar-refractivity contribution in [2.45, 2.75) is 31.8 Å². The van der Waals surface area contributed by atoms with Gasteiger partial charge in [-0.2, -0.15) is 5.10 Å². The van der Waals surface area contributed by atoms with Gasteiger partial charge in [-0.15, -0.1) is 17.5 Å². The number of anilines is 1. The fourth-order valence-electron chi connectivity index (χ4n) is 4.72. The van der Waals surface area contributed by atoms with Gasteiger partial charge in [0.2, 0.25) is 0 Å². The molecule has 0 saturated carbocycles. The maximum atomic E-state index is 5.78. The molecule has 156 valence electrons. The third kappa shape index (κ3) is 3.07. The molecule has 0 aliphatic carbocycles. The van der Waals surface area contributed by atoms with Crippen LogP contribution in [0.25, 0.3) is 27.7 Å². The first-order chi connectivity index (χ1) is 14.3. The Balaban J connectivity index is 0.00000193. The van der Waals surface area contributed by atoms with Gasteiger partial charge in [0.15, 0.2) is 5.65 Å². The Morgan fingerprint density at radius 3 is 2.73 bits per heavy atom. The molecule has 0 amide bonds. The number of aromatic amines is 1. The van der Waals surface area contributed by atoms with E-state index in [1.165, 1.54) is 12.8 Å². The van der Waals surface area contributed by atoms with E-state index in [-0.39, 0.29) is 12.4 Å². The Kier molecular flexibility index (Phi) is 4.75. The Morgan fingerprint density at radius 1 is 1.17 bits per heavy atom. The summed E-state index contributed by atoms with van der Waals surface area (Å²) in [6.45, 7) is 4.66. The lowest BCUT2D eigenvalue weighted by Crippen LogP contribution is -2.51. The van der Waals surface area contributed by atoms with E-state index in [9.17, 15) is 0 Å². The number of pyridine rings is 2. The summed E-state index contributed by atoms with van der Waals surface area (Å²) in [4.78, 5) is 7.22. The molecule has 4 aromatic rings. The molecule has 0 spiro atoms. The Labute approximate surface area is 180 Å². The monoisotopic (exact) mass is 425 g/mol. The Hall–Kier alpha value is -2.84. The van der Waals surface area contributed by atoms with Crippen molar-refractivity contribution in [1.82, 2.24) is 30.1 Å². The molecule has 2 aliphatic rings. The Morgan fingerprint density at radius 2 is 2.00 bits per heavy atom. The summed E-state index contributed by atoms with van der Waals surface area (Å²) in [5.41, 5.74) is 3.86. The lowest BCUT2D eigenvalue weighted by molar-refractivity contribution is 0.338. The van der Waals surface area contributed by atoms with Gasteiger partial charge < -0.3 is 15.0 Å². The number of piperazine rings is 1. The van der Waals surface area contributed by atoms with Crippen LogP contribution in [-0.4, -0.2) is 56.6 Å². The van der Waals surface area contributed by atoms with Crippen molar-refractivity contribution in [3.63, 3.8) is 0 Å². The zero-order chi connectivity index (χ0) is 19.4. The maximum absolute atomic E-state index is 5.78. The number of fused-ring (bicyclic) bond motifs is 5. The first-order valence-electron chi connectivity index (χ1n) is 10.2. The highest BCUT2D eigenvalue weighted by atomic mass is 35.5. The summed E-state index contributed by atoms with van der Waals surface area (Å²) in [5.74, 6) is 1.84. The third-order valence-electron chi connectivity index (χ3n) is 6.01. The largest absolute Gasteiger partial charge is 0.492 e. The van der Waals surface area contributed by atoms with Gasteiger partial charge in [0.1, 0.15) is 11.6 Å². The van der Waals surface area contributed by atoms with Crippen molar-refractivity contribution in [3.8, 4) is 16.9 Å². The molecule has 6 rings (SSSR count). The highest BCUT2D eigenvalue weighted by Gasteiger charge is 2.32. The highest BCUT2D eigenvalue weighted by molar-refractivity contribution is 6.00. The van der Waals surface area contributed by atoms with Gasteiger partial charge in [-0.05, 0) is 38.0 Å². The van der Waals surface area contributed by atoms with Crippen molar-refractivity contribution in [3.05, 3.63) is 36.8 Å². The summed E-state index contributed by atoms with van der Waals surface area (Å²) in [6, 6.07) is 7.54. The molecular formula is C21H24ClN7O. The van der Waals surface area contributed by atoms with Gasteiger partial charge in [0, 0.05) is 42.5 Å². The van der Waals surface area contributed by atoms with Crippen LogP contribution < -0.4 is 15.0 Å². The number of nitrogens with one attached hydrogen (secondary N) is 2. The standard InChI is InChI=1S/C21H23N7O.ClH/c1-2-29-16-7-17(20-18-9-23-25-21(18)26-28(20)12-16)13-3-6-19(22-8-13)27-10-14-4-5-15(11-27)24-14;/h3,6-9,12,14-15,24H,2,4-5,10-11H2,1H3,(H,25,26);1H/t14-,15+;. The van der Waals surface area contributed by atoms with E-state index < -0.39 is 0 Å². The van der Waals surface area contributed by atoms with Crippen LogP contribution in [-0.2, 0) is 0 Å². The fourth-order valence-corrected chi connectivity index (χ4v) is 4.72. The lowest BCUT2D eigenvalue weighted by atomic mass is 10.1. The van der Waals surface area contributed by atoms with Crippen molar-refractivity contribution in [1.29, 1.82) is 0 Å². The maximum Gasteiger partial charge on any atom is 0.178 e. The van der Waals surface area contributed by atoms with E-state index in [1.54, 1.807) is 0 Å². The van der Waals surface area contributed by atoms with Crippen LogP contribution in [0.1, 0.15) is 19.8 Å². The SMILES string of the molecule is CCOc1cc(-c2ccc(N3C[C@H]4CC[C@@H](C3)N4)nc2)c2c3cn[nH]c3nn2c1.Cl. The third-order valence-corrected chi connectivity index (χ3v) is 6.01. The number of ether oxygens (including phenoxy) is 1. The average Bonchev–Trinajstić information content (AvgIpc) is 3.42. The van der Waals surface area contributed by atoms with Gasteiger partial charge >= 0.3 is 0 Å². The molecule has 2 atom stereocenters. The number of halogens is 1. The molecule has 0 unspecified atom stereocenters. The quantitative estimate of drug-likeness (QED) is 0.523. The lowest BCUT2D eigenvalue weighted by Gasteiger charge is -2.33. The minimum absolute atomic E-state index is 0. The average molecular weight is 426 g/mol. The van der Waals surface area contributed by atoms with E-state index in [4.69, 9.17) is 9.72 Å². The molecule has 2 saturated heterocycles. The summed E-state index contributed by atoms with van der Waals surface area (Å²) in [6.07, 6.45) is 8.23. The van der Waals surface area contributed by atoms with Gasteiger partial charge in [-0.1, -0.05) is 0 Å². The first-order valence-corrected chi connectivity index (χ1v) is 10.2. The van der Waals surface area contributed by atoms with Crippen LogP contribution in [0.4, 0.5) is 5.82 Å². The normalized spacial score (nSPS) is 20.6. The molecule has 8 nitrogen and oxygen atoms in total. The zero-order valence-corrected chi connectivity index (χ0v) is 17.5. The van der Waals surface area contributed by atoms with Gasteiger partial charge in [0.05, 0.1) is 29.9 Å². The summed E-state index contributed by atoms with van der Waals surface area (Å²) in [7, 11) is 0. The molecule has 30 heavy (non-hydrogen) atoms. The van der Waals surface area contributed by atoms with Crippen LogP contribution in [0.3, 0.4) is 0 Å². The smallest absolute Gasteiger partial charge is 0.178 e. The Bertz CT molecular complexity index is 1170. The van der Waals surface area contributed by atoms with Crippen LogP contribution >= 0.6 is 12.4 Å². The second-order valence-corrected chi connectivity index (χ2v) is 7.90. The van der Waals surface area contributed by atoms with Crippen molar-refractivity contribution in [2.24, 2.45) is 0 Å². The molecule has 2 bridgehead atoms. The van der Waals surface area contributed by atoms with E-state index in [0.717, 1.165) is 52.3 Å². The van der Waals surface area contributed by atoms with Crippen molar-refractivity contribution < 1.29 is 4.74 Å². The van der Waals surface area contributed by atoms with E-state index in [1.807, 2.05) is 30.0 Å². The topological polar surface area (TPSA) is 83.4 Å². The van der Waals surface area contributed by atoms with Gasteiger partial charge in [-0.3, -0.25) is 5.10 Å². The van der Waals surface area contributed by atoms with Crippen molar-refractivity contribution >= 4 is 34.8 Å². The van der Waals surface area contributed by atoms with Crippen LogP contribution in [0.2, 0.25) is 0 Å². The number of rotatable bonds is 4. The van der Waals surface area contributed by atoms with Gasteiger partial charge in [0.25, 0.3) is 0 Å². The molecule has 4 aromatic heterocycles. The zero-order valence-electron chi connectivity index (χ0n) is 16.7. The first kappa shape index (κ1) is 19.1. The number of hydrogen-bond donors (Lipinski definition) is 2. The number of H-pyrrole nitrogens is 1. The molecule has 2 aliphatic heterocycles. The molecule has 9 heteroatoms. The molecule has 6 heterocycles. The highest BCUT2D eigenvalue weighted by Crippen LogP contribution is 2.33. The molecular weight excluding hydrogens is 402 g/mol. The summed E-state index contributed by atoms with van der Waals surface area (Å²) >= 11 is 0. The fraction of sp³-hybridized carbons (Fsp3) is 0.381. The van der Waals surface area contributed by atoms with E-state index >= 15 is 0 Å². The minimum Gasteiger partial charge on any atom is -0.492 e.